The Bertz CT molecular complexity index is 570. The third-order valence-corrected chi connectivity index (χ3v) is 4.11. The maximum Gasteiger partial charge on any atom is 0.414 e. The first kappa shape index (κ1) is 18.3. The molecular formula is C16H19F3N2O3. The van der Waals surface area contributed by atoms with Gasteiger partial charge in [0, 0.05) is 18.7 Å². The fraction of sp³-hybridized carbons (Fsp3) is 0.500. The molecule has 2 amide bonds. The van der Waals surface area contributed by atoms with Gasteiger partial charge in [-0.05, 0) is 30.9 Å². The zero-order valence-electron chi connectivity index (χ0n) is 12.9. The summed E-state index contributed by atoms with van der Waals surface area (Å²) in [6.07, 6.45) is -6.83. The summed E-state index contributed by atoms with van der Waals surface area (Å²) in [6.45, 7) is 0.0654. The highest BCUT2D eigenvalue weighted by Crippen LogP contribution is 2.31. The maximum absolute atomic E-state index is 12.5. The maximum atomic E-state index is 12.5. The summed E-state index contributed by atoms with van der Waals surface area (Å²) in [5, 5.41) is 11.7. The normalized spacial score (nSPS) is 17.4. The number of rotatable bonds is 4. The predicted molar refractivity (Wildman–Crippen MR) is 80.1 cm³/mol. The number of nitrogens with one attached hydrogen (secondary N) is 1. The Hall–Kier alpha value is -2.09. The van der Waals surface area contributed by atoms with E-state index in [-0.39, 0.29) is 44.3 Å². The number of hydrogen-bond donors (Lipinski definition) is 2. The lowest BCUT2D eigenvalue weighted by Crippen LogP contribution is -2.47. The van der Waals surface area contributed by atoms with Gasteiger partial charge in [-0.25, -0.2) is 0 Å². The van der Waals surface area contributed by atoms with Gasteiger partial charge in [0.15, 0.2) is 6.10 Å². The molecule has 1 unspecified atom stereocenters. The molecule has 0 spiro atoms. The molecule has 1 aliphatic rings. The number of carbonyl (C=O) groups excluding carboxylic acids is 2. The molecule has 1 aromatic carbocycles. The summed E-state index contributed by atoms with van der Waals surface area (Å²) in [5.74, 6) is -1.63. The average Bonchev–Trinajstić information content (AvgIpc) is 2.58. The number of halogens is 3. The van der Waals surface area contributed by atoms with E-state index in [9.17, 15) is 27.9 Å². The molecule has 2 N–H and O–H groups in total. The van der Waals surface area contributed by atoms with Gasteiger partial charge in [0.05, 0.1) is 6.54 Å². The number of aliphatic hydroxyl groups is 1. The molecule has 1 aliphatic heterocycles. The van der Waals surface area contributed by atoms with Crippen molar-refractivity contribution in [2.75, 3.05) is 19.6 Å². The standard InChI is InChI=1S/C16H19F3N2O3/c17-16(18,19)14(23)11-6-8-21(9-7-11)13(22)10-20-15(24)12-4-2-1-3-5-12/h1-5,11,14,23H,6-10H2,(H,20,24). The van der Waals surface area contributed by atoms with Crippen LogP contribution in [0.5, 0.6) is 0 Å². The lowest BCUT2D eigenvalue weighted by Gasteiger charge is -2.34. The van der Waals surface area contributed by atoms with E-state index in [4.69, 9.17) is 0 Å². The Kier molecular flexibility index (Phi) is 5.82. The molecule has 132 valence electrons. The van der Waals surface area contributed by atoms with Crippen molar-refractivity contribution in [1.29, 1.82) is 0 Å². The van der Waals surface area contributed by atoms with Crippen LogP contribution in [0.3, 0.4) is 0 Å². The minimum atomic E-state index is -4.64. The molecule has 8 heteroatoms. The zero-order chi connectivity index (χ0) is 17.7. The van der Waals surface area contributed by atoms with Crippen LogP contribution in [0, 0.1) is 5.92 Å². The number of carbonyl (C=O) groups is 2. The lowest BCUT2D eigenvalue weighted by molar-refractivity contribution is -0.222. The van der Waals surface area contributed by atoms with Gasteiger partial charge in [-0.2, -0.15) is 13.2 Å². The van der Waals surface area contributed by atoms with Crippen molar-refractivity contribution in [1.82, 2.24) is 10.2 Å². The van der Waals surface area contributed by atoms with Gasteiger partial charge in [-0.1, -0.05) is 18.2 Å². The SMILES string of the molecule is O=C(NCC(=O)N1CCC(C(O)C(F)(F)F)CC1)c1ccccc1. The van der Waals surface area contributed by atoms with Crippen molar-refractivity contribution in [2.45, 2.75) is 25.1 Å². The summed E-state index contributed by atoms with van der Waals surface area (Å²) >= 11 is 0. The second-order valence-electron chi connectivity index (χ2n) is 5.75. The van der Waals surface area contributed by atoms with Crippen molar-refractivity contribution in [2.24, 2.45) is 5.92 Å². The molecule has 0 bridgehead atoms. The highest BCUT2D eigenvalue weighted by atomic mass is 19.4. The van der Waals surface area contributed by atoms with Crippen molar-refractivity contribution < 1.29 is 27.9 Å². The van der Waals surface area contributed by atoms with E-state index in [1.807, 2.05) is 0 Å². The first-order valence-corrected chi connectivity index (χ1v) is 7.65. The van der Waals surface area contributed by atoms with Gasteiger partial charge in [-0.15, -0.1) is 0 Å². The van der Waals surface area contributed by atoms with E-state index in [1.165, 1.54) is 4.90 Å². The van der Waals surface area contributed by atoms with Crippen molar-refractivity contribution in [3.05, 3.63) is 35.9 Å². The van der Waals surface area contributed by atoms with Gasteiger partial charge < -0.3 is 15.3 Å². The van der Waals surface area contributed by atoms with Crippen LogP contribution < -0.4 is 5.32 Å². The van der Waals surface area contributed by atoms with Crippen molar-refractivity contribution >= 4 is 11.8 Å². The number of aliphatic hydroxyl groups excluding tert-OH is 1. The molecule has 0 aliphatic carbocycles. The molecule has 24 heavy (non-hydrogen) atoms. The van der Waals surface area contributed by atoms with Gasteiger partial charge in [0.25, 0.3) is 5.91 Å². The van der Waals surface area contributed by atoms with Crippen LogP contribution in [0.2, 0.25) is 0 Å². The Morgan fingerprint density at radius 2 is 1.79 bits per heavy atom. The van der Waals surface area contributed by atoms with Crippen molar-refractivity contribution in [3.8, 4) is 0 Å². The summed E-state index contributed by atoms with van der Waals surface area (Å²) in [7, 11) is 0. The van der Waals surface area contributed by atoms with Gasteiger partial charge >= 0.3 is 6.18 Å². The highest BCUT2D eigenvalue weighted by molar-refractivity contribution is 5.96. The van der Waals surface area contributed by atoms with Gasteiger partial charge in [0.2, 0.25) is 5.91 Å². The molecule has 0 saturated carbocycles. The Labute approximate surface area is 137 Å². The Balaban J connectivity index is 1.78. The Morgan fingerprint density at radius 3 is 2.33 bits per heavy atom. The summed E-state index contributed by atoms with van der Waals surface area (Å²) in [4.78, 5) is 25.3. The first-order chi connectivity index (χ1) is 11.3. The summed E-state index contributed by atoms with van der Waals surface area (Å²) < 4.78 is 37.4. The average molecular weight is 344 g/mol. The van der Waals surface area contributed by atoms with E-state index in [0.717, 1.165) is 0 Å². The molecule has 1 heterocycles. The van der Waals surface area contributed by atoms with Gasteiger partial charge in [-0.3, -0.25) is 9.59 Å². The van der Waals surface area contributed by atoms with E-state index in [1.54, 1.807) is 30.3 Å². The molecule has 1 aromatic rings. The molecule has 0 aromatic heterocycles. The van der Waals surface area contributed by atoms with Crippen molar-refractivity contribution in [3.63, 3.8) is 0 Å². The van der Waals surface area contributed by atoms with E-state index in [2.05, 4.69) is 5.32 Å². The van der Waals surface area contributed by atoms with Crippen LogP contribution in [0.1, 0.15) is 23.2 Å². The predicted octanol–water partition coefficient (Wildman–Crippen LogP) is 1.58. The molecule has 5 nitrogen and oxygen atoms in total. The molecule has 1 fully saturated rings. The smallest absolute Gasteiger partial charge is 0.383 e. The second-order valence-corrected chi connectivity index (χ2v) is 5.75. The van der Waals surface area contributed by atoms with Crippen LogP contribution in [0.4, 0.5) is 13.2 Å². The third-order valence-electron chi connectivity index (χ3n) is 4.11. The van der Waals surface area contributed by atoms with Crippen LogP contribution >= 0.6 is 0 Å². The minimum Gasteiger partial charge on any atom is -0.383 e. The van der Waals surface area contributed by atoms with E-state index >= 15 is 0 Å². The van der Waals surface area contributed by atoms with Crippen LogP contribution in [-0.2, 0) is 4.79 Å². The largest absolute Gasteiger partial charge is 0.414 e. The fourth-order valence-electron chi connectivity index (χ4n) is 2.69. The lowest BCUT2D eigenvalue weighted by atomic mass is 9.91. The quantitative estimate of drug-likeness (QED) is 0.871. The van der Waals surface area contributed by atoms with Crippen LogP contribution in [0.25, 0.3) is 0 Å². The third kappa shape index (κ3) is 4.70. The number of amides is 2. The molecular weight excluding hydrogens is 325 g/mol. The first-order valence-electron chi connectivity index (χ1n) is 7.65. The topological polar surface area (TPSA) is 69.6 Å². The summed E-state index contributed by atoms with van der Waals surface area (Å²) in [6, 6.07) is 8.40. The number of likely N-dealkylation sites (tertiary alicyclic amines) is 1. The molecule has 2 rings (SSSR count). The highest BCUT2D eigenvalue weighted by Gasteiger charge is 2.44. The zero-order valence-corrected chi connectivity index (χ0v) is 12.9. The second kappa shape index (κ2) is 7.65. The summed E-state index contributed by atoms with van der Waals surface area (Å²) in [5.41, 5.74) is 0.428. The van der Waals surface area contributed by atoms with Gasteiger partial charge in [0.1, 0.15) is 0 Å². The number of hydrogen-bond acceptors (Lipinski definition) is 3. The molecule has 1 saturated heterocycles. The molecule has 0 radical (unpaired) electrons. The number of nitrogens with zero attached hydrogens (tertiary/aromatic N) is 1. The fourth-order valence-corrected chi connectivity index (χ4v) is 2.69. The minimum absolute atomic E-state index is 0.0824. The number of piperidine rings is 1. The van der Waals surface area contributed by atoms with Crippen LogP contribution in [-0.4, -0.2) is 53.7 Å². The van der Waals surface area contributed by atoms with E-state index in [0.29, 0.717) is 5.56 Å². The number of alkyl halides is 3. The monoisotopic (exact) mass is 344 g/mol. The molecule has 1 atom stereocenters. The van der Waals surface area contributed by atoms with Crippen LogP contribution in [0.15, 0.2) is 30.3 Å². The number of benzene rings is 1. The van der Waals surface area contributed by atoms with E-state index < -0.39 is 18.2 Å². The Morgan fingerprint density at radius 1 is 1.21 bits per heavy atom.